The number of nitrogens with zero attached hydrogens (tertiary/aromatic N) is 3. The molecular formula is C45H59N11O11S. The third kappa shape index (κ3) is 13.2. The molecule has 14 N–H and O–H groups in total. The Morgan fingerprint density at radius 2 is 1.59 bits per heavy atom. The van der Waals surface area contributed by atoms with Crippen molar-refractivity contribution < 1.29 is 52.1 Å². The lowest BCUT2D eigenvalue weighted by atomic mass is 9.87. The van der Waals surface area contributed by atoms with Gasteiger partial charge < -0.3 is 57.7 Å². The molecule has 0 spiro atoms. The van der Waals surface area contributed by atoms with Crippen LogP contribution in [0.15, 0.2) is 60.8 Å². The molecule has 0 fully saturated rings. The Bertz CT molecular complexity index is 2630. The molecular weight excluding hydrogens is 903 g/mol. The number of amides is 4. The van der Waals surface area contributed by atoms with Gasteiger partial charge >= 0.3 is 5.97 Å². The lowest BCUT2D eigenvalue weighted by molar-refractivity contribution is -0.143. The zero-order valence-corrected chi connectivity index (χ0v) is 39.2. The lowest BCUT2D eigenvalue weighted by Crippen LogP contribution is -2.57. The first-order chi connectivity index (χ1) is 32.0. The van der Waals surface area contributed by atoms with Gasteiger partial charge in [-0.3, -0.25) is 19.2 Å². The van der Waals surface area contributed by atoms with Crippen molar-refractivity contribution in [3.8, 4) is 39.8 Å². The molecule has 5 rings (SSSR count). The van der Waals surface area contributed by atoms with Gasteiger partial charge in [0.2, 0.25) is 17.7 Å². The van der Waals surface area contributed by atoms with Crippen molar-refractivity contribution in [3.63, 3.8) is 0 Å². The number of carboxylic acids is 1. The molecule has 3 aromatic carbocycles. The number of phenolic OH excluding ortho intramolecular Hbond substituents is 1. The molecule has 4 atom stereocenters. The number of carbonyl (C=O) groups is 5. The maximum Gasteiger partial charge on any atom is 0.326 e. The van der Waals surface area contributed by atoms with E-state index < -0.39 is 76.3 Å². The SMILES string of the molecule is C[C@@H]1NC(=O)[C@@H](N(C)C(=O)[C@H](CNS(N)(=O)=O)NC(=O)c2cnc(-c3ccc(C(C)(C)C)cc3)nc2N)c2cc(OCCCN)c(O)c(c2)-c2cc(ccc2OCCCN)C[C@@H](C(=O)O)NC1=O. The Kier molecular flexibility index (Phi) is 17.0. The zero-order chi connectivity index (χ0) is 50.1. The standard InChI is InChI=1S/C45H59N11O11S/c1-24-40(58)53-32(44(62)63)19-25-8-13-34(66-16-6-14-46)29(18-25)30-20-27(21-35(37(30)57)67-17-7-15-47)36(42(60)52-24)56(5)43(61)33(23-51-68(49,64)65)54-41(59)31-22-50-39(55-38(31)48)26-9-11-28(12-10-26)45(2,3)4/h8-13,18,20-22,24,32-33,36,51,57H,6-7,14-17,19,23,46-47H2,1-5H3,(H,52,60)(H,53,58)(H,54,59)(H,62,63)(H2,48,50,55)(H2,49,64,65)/t24-,32-,33-,36-/m0/s1. The third-order valence-corrected chi connectivity index (χ3v) is 11.5. The number of hydrogen-bond donors (Lipinski definition) is 10. The highest BCUT2D eigenvalue weighted by Crippen LogP contribution is 2.45. The number of nitrogens with one attached hydrogen (secondary N) is 4. The summed E-state index contributed by atoms with van der Waals surface area (Å²) in [6, 6.07) is 8.39. The average Bonchev–Trinajstić information content (AvgIpc) is 3.27. The molecule has 0 unspecified atom stereocenters. The molecule has 4 bridgehead atoms. The van der Waals surface area contributed by atoms with Crippen LogP contribution in [0, 0.1) is 0 Å². The number of anilines is 1. The van der Waals surface area contributed by atoms with Gasteiger partial charge in [-0.15, -0.1) is 0 Å². The fraction of sp³-hybridized carbons (Fsp3) is 0.400. The van der Waals surface area contributed by atoms with Gasteiger partial charge in [0.15, 0.2) is 17.3 Å². The summed E-state index contributed by atoms with van der Waals surface area (Å²) in [4.78, 5) is 78.8. The molecule has 1 aliphatic heterocycles. The van der Waals surface area contributed by atoms with Crippen molar-refractivity contribution in [1.82, 2.24) is 35.5 Å². The number of likely N-dealkylation sites (N-methyl/N-ethyl adjacent to an activating group) is 1. The van der Waals surface area contributed by atoms with E-state index in [1.807, 2.05) is 16.9 Å². The molecule has 0 radical (unpaired) electrons. The molecule has 1 aliphatic rings. The van der Waals surface area contributed by atoms with Gasteiger partial charge in [0.1, 0.15) is 35.7 Å². The van der Waals surface area contributed by atoms with Crippen molar-refractivity contribution in [2.75, 3.05) is 45.6 Å². The van der Waals surface area contributed by atoms with Crippen LogP contribution in [0.4, 0.5) is 5.82 Å². The summed E-state index contributed by atoms with van der Waals surface area (Å²) < 4.78 is 38.5. The predicted octanol–water partition coefficient (Wildman–Crippen LogP) is 0.573. The van der Waals surface area contributed by atoms with Crippen LogP contribution in [0.25, 0.3) is 22.5 Å². The Morgan fingerprint density at radius 3 is 2.18 bits per heavy atom. The lowest BCUT2D eigenvalue weighted by Gasteiger charge is -2.32. The molecule has 22 nitrogen and oxygen atoms in total. The fourth-order valence-electron chi connectivity index (χ4n) is 7.15. The Balaban J connectivity index is 1.63. The van der Waals surface area contributed by atoms with Crippen molar-refractivity contribution >= 4 is 45.6 Å². The first-order valence-electron chi connectivity index (χ1n) is 21.6. The number of carbonyl (C=O) groups excluding carboxylic acids is 4. The Labute approximate surface area is 393 Å². The minimum atomic E-state index is -4.49. The number of benzene rings is 3. The predicted molar refractivity (Wildman–Crippen MR) is 251 cm³/mol. The zero-order valence-electron chi connectivity index (χ0n) is 38.4. The normalized spacial score (nSPS) is 16.9. The van der Waals surface area contributed by atoms with Gasteiger partial charge in [0.05, 0.1) is 18.8 Å². The second-order valence-corrected chi connectivity index (χ2v) is 18.5. The van der Waals surface area contributed by atoms with E-state index in [0.29, 0.717) is 24.0 Å². The number of ether oxygens (including phenoxy) is 2. The van der Waals surface area contributed by atoms with Gasteiger partial charge in [0.25, 0.3) is 16.1 Å². The van der Waals surface area contributed by atoms with E-state index >= 15 is 0 Å². The van der Waals surface area contributed by atoms with E-state index in [1.165, 1.54) is 26.1 Å². The maximum absolute atomic E-state index is 14.8. The summed E-state index contributed by atoms with van der Waals surface area (Å²) in [6.07, 6.45) is 1.71. The first-order valence-corrected chi connectivity index (χ1v) is 23.1. The monoisotopic (exact) mass is 961 g/mol. The Morgan fingerprint density at radius 1 is 0.941 bits per heavy atom. The minimum Gasteiger partial charge on any atom is -0.504 e. The summed E-state index contributed by atoms with van der Waals surface area (Å²) in [5, 5.41) is 34.7. The fourth-order valence-corrected chi connectivity index (χ4v) is 7.55. The molecule has 4 aromatic rings. The van der Waals surface area contributed by atoms with Gasteiger partial charge in [-0.25, -0.2) is 19.9 Å². The number of rotatable bonds is 17. The number of aromatic nitrogens is 2. The van der Waals surface area contributed by atoms with E-state index in [-0.39, 0.29) is 83.5 Å². The van der Waals surface area contributed by atoms with Crippen LogP contribution in [-0.2, 0) is 41.2 Å². The quantitative estimate of drug-likeness (QED) is 0.0647. The first kappa shape index (κ1) is 52.1. The number of fused-ring (bicyclic) bond motifs is 5. The van der Waals surface area contributed by atoms with Crippen LogP contribution in [0.2, 0.25) is 0 Å². The number of aromatic hydroxyl groups is 1. The summed E-state index contributed by atoms with van der Waals surface area (Å²) in [5.74, 6) is -5.77. The van der Waals surface area contributed by atoms with Crippen molar-refractivity contribution in [3.05, 3.63) is 83.0 Å². The van der Waals surface area contributed by atoms with E-state index in [4.69, 9.17) is 31.8 Å². The highest BCUT2D eigenvalue weighted by Gasteiger charge is 2.37. The van der Waals surface area contributed by atoms with Crippen molar-refractivity contribution in [2.24, 2.45) is 16.6 Å². The Hall–Kier alpha value is -6.92. The number of hydrogen-bond acceptors (Lipinski definition) is 15. The minimum absolute atomic E-state index is 0.000618. The van der Waals surface area contributed by atoms with E-state index in [1.54, 1.807) is 30.3 Å². The second-order valence-electron chi connectivity index (χ2n) is 17.2. The van der Waals surface area contributed by atoms with Gasteiger partial charge in [-0.1, -0.05) is 51.1 Å². The maximum atomic E-state index is 14.8. The molecule has 1 aromatic heterocycles. The molecule has 0 saturated heterocycles. The highest BCUT2D eigenvalue weighted by molar-refractivity contribution is 7.87. The van der Waals surface area contributed by atoms with Gasteiger partial charge in [0, 0.05) is 42.9 Å². The summed E-state index contributed by atoms with van der Waals surface area (Å²) >= 11 is 0. The summed E-state index contributed by atoms with van der Waals surface area (Å²) in [6.45, 7) is 7.30. The molecule has 23 heteroatoms. The largest absolute Gasteiger partial charge is 0.504 e. The van der Waals surface area contributed by atoms with Crippen LogP contribution in [0.5, 0.6) is 17.2 Å². The summed E-state index contributed by atoms with van der Waals surface area (Å²) in [7, 11) is -3.31. The smallest absolute Gasteiger partial charge is 0.326 e. The number of nitrogens with two attached hydrogens (primary N) is 4. The van der Waals surface area contributed by atoms with Crippen LogP contribution >= 0.6 is 0 Å². The number of carboxylic acid groups (broad SMARTS) is 1. The molecule has 0 aliphatic carbocycles. The van der Waals surface area contributed by atoms with Crippen LogP contribution in [0.1, 0.15) is 73.6 Å². The van der Waals surface area contributed by atoms with Gasteiger partial charge in [-0.05, 0) is 79.2 Å². The number of nitrogen functional groups attached to an aromatic ring is 1. The second kappa shape index (κ2) is 22.3. The molecule has 4 amide bonds. The molecule has 366 valence electrons. The van der Waals surface area contributed by atoms with Crippen molar-refractivity contribution in [2.45, 2.75) is 76.5 Å². The number of aliphatic carboxylic acids is 1. The topological polar surface area (TPSA) is 360 Å². The average molecular weight is 962 g/mol. The molecule has 0 saturated carbocycles. The summed E-state index contributed by atoms with van der Waals surface area (Å²) in [5.41, 5.74) is 19.6. The highest BCUT2D eigenvalue weighted by atomic mass is 32.2. The number of phenols is 1. The van der Waals surface area contributed by atoms with E-state index in [9.17, 15) is 42.6 Å². The van der Waals surface area contributed by atoms with E-state index in [0.717, 1.165) is 16.7 Å². The molecule has 2 heterocycles. The van der Waals surface area contributed by atoms with Crippen molar-refractivity contribution in [1.29, 1.82) is 0 Å². The van der Waals surface area contributed by atoms with Crippen LogP contribution in [0.3, 0.4) is 0 Å². The van der Waals surface area contributed by atoms with Crippen LogP contribution in [-0.4, -0.2) is 121 Å². The third-order valence-electron chi connectivity index (χ3n) is 10.9. The van der Waals surface area contributed by atoms with E-state index in [2.05, 4.69) is 46.7 Å². The van der Waals surface area contributed by atoms with Crippen LogP contribution < -0.4 is 52.5 Å². The van der Waals surface area contributed by atoms with Gasteiger partial charge in [-0.2, -0.15) is 13.1 Å². The molecule has 68 heavy (non-hydrogen) atoms.